The molecule has 0 unspecified atom stereocenters. The number of benzene rings is 2. The molecule has 148 valence electrons. The van der Waals surface area contributed by atoms with Gasteiger partial charge in [0.2, 0.25) is 0 Å². The molecule has 2 rings (SSSR count). The molecule has 0 saturated heterocycles. The number of carbonyl (C=O) groups is 2. The van der Waals surface area contributed by atoms with Crippen LogP contribution in [0.15, 0.2) is 48.5 Å². The van der Waals surface area contributed by atoms with E-state index in [1.807, 2.05) is 0 Å². The van der Waals surface area contributed by atoms with Gasteiger partial charge in [0.15, 0.2) is 0 Å². The summed E-state index contributed by atoms with van der Waals surface area (Å²) in [6.45, 7) is 0. The van der Waals surface area contributed by atoms with Crippen LogP contribution in [0.3, 0.4) is 0 Å². The van der Waals surface area contributed by atoms with Gasteiger partial charge in [-0.1, -0.05) is 36.4 Å². The zero-order valence-electron chi connectivity index (χ0n) is 13.7. The second-order valence-corrected chi connectivity index (χ2v) is 5.25. The fraction of sp³-hybridized carbons (Fsp3) is 0.111. The maximum Gasteiger partial charge on any atom is 0.491 e. The van der Waals surface area contributed by atoms with Gasteiger partial charge in [0.1, 0.15) is 11.5 Å². The molecule has 0 aliphatic heterocycles. The van der Waals surface area contributed by atoms with Crippen LogP contribution in [0.2, 0.25) is 0 Å². The minimum absolute atomic E-state index is 0.282. The maximum absolute atomic E-state index is 12.1. The largest absolute Gasteiger partial charge is 0.491 e. The summed E-state index contributed by atoms with van der Waals surface area (Å²) in [7, 11) is 0. The monoisotopic (exact) mass is 404 g/mol. The Morgan fingerprint density at radius 3 is 1.14 bits per heavy atom. The molecule has 0 aliphatic rings. The molecule has 28 heavy (non-hydrogen) atoms. The molecule has 0 amide bonds. The Kier molecular flexibility index (Phi) is 6.12. The van der Waals surface area contributed by atoms with E-state index in [1.54, 1.807) is 12.2 Å². The fourth-order valence-electron chi connectivity index (χ4n) is 1.82. The van der Waals surface area contributed by atoms with Crippen molar-refractivity contribution in [2.75, 3.05) is 0 Å². The van der Waals surface area contributed by atoms with Gasteiger partial charge >= 0.3 is 24.3 Å². The second kappa shape index (κ2) is 8.15. The van der Waals surface area contributed by atoms with Gasteiger partial charge in [-0.15, -0.1) is 0 Å². The highest BCUT2D eigenvalue weighted by Crippen LogP contribution is 2.22. The second-order valence-electron chi connectivity index (χ2n) is 5.25. The van der Waals surface area contributed by atoms with E-state index in [9.17, 15) is 35.9 Å². The van der Waals surface area contributed by atoms with Gasteiger partial charge in [0, 0.05) is 0 Å². The first-order valence-corrected chi connectivity index (χ1v) is 7.41. The molecular formula is C18H10F6O4. The Labute approximate surface area is 154 Å². The Hall–Kier alpha value is -3.30. The van der Waals surface area contributed by atoms with Crippen molar-refractivity contribution in [2.45, 2.75) is 12.4 Å². The minimum atomic E-state index is -5.10. The third kappa shape index (κ3) is 6.15. The van der Waals surface area contributed by atoms with E-state index in [-0.39, 0.29) is 11.5 Å². The van der Waals surface area contributed by atoms with E-state index in [4.69, 9.17) is 0 Å². The number of carbonyl (C=O) groups excluding carboxylic acids is 2. The smallest absolute Gasteiger partial charge is 0.420 e. The van der Waals surface area contributed by atoms with Gasteiger partial charge in [-0.2, -0.15) is 26.3 Å². The molecule has 0 heterocycles. The summed E-state index contributed by atoms with van der Waals surface area (Å²) in [5.74, 6) is -5.23. The van der Waals surface area contributed by atoms with Crippen LogP contribution in [0.1, 0.15) is 11.1 Å². The van der Waals surface area contributed by atoms with Crippen molar-refractivity contribution in [3.8, 4) is 11.5 Å². The predicted molar refractivity (Wildman–Crippen MR) is 85.2 cm³/mol. The van der Waals surface area contributed by atoms with Gasteiger partial charge in [-0.25, -0.2) is 9.59 Å². The third-order valence-corrected chi connectivity index (χ3v) is 3.11. The Morgan fingerprint density at radius 1 is 0.607 bits per heavy atom. The van der Waals surface area contributed by atoms with E-state index in [1.165, 1.54) is 48.5 Å². The van der Waals surface area contributed by atoms with Crippen molar-refractivity contribution >= 4 is 24.1 Å². The fourth-order valence-corrected chi connectivity index (χ4v) is 1.82. The highest BCUT2D eigenvalue weighted by Gasteiger charge is 2.42. The molecule has 0 saturated carbocycles. The van der Waals surface area contributed by atoms with Crippen molar-refractivity contribution < 1.29 is 45.4 Å². The van der Waals surface area contributed by atoms with Gasteiger partial charge in [-0.3, -0.25) is 0 Å². The number of esters is 2. The first-order chi connectivity index (χ1) is 12.9. The lowest BCUT2D eigenvalue weighted by Gasteiger charge is -2.07. The molecule has 0 aromatic heterocycles. The van der Waals surface area contributed by atoms with Gasteiger partial charge < -0.3 is 9.47 Å². The lowest BCUT2D eigenvalue weighted by atomic mass is 10.1. The average Bonchev–Trinajstić information content (AvgIpc) is 2.60. The lowest BCUT2D eigenvalue weighted by Crippen LogP contribution is -2.27. The summed E-state index contributed by atoms with van der Waals surface area (Å²) in [5.41, 5.74) is 1.11. The Morgan fingerprint density at radius 2 is 0.893 bits per heavy atom. The summed E-state index contributed by atoms with van der Waals surface area (Å²) >= 11 is 0. The van der Waals surface area contributed by atoms with Crippen LogP contribution >= 0.6 is 0 Å². The maximum atomic E-state index is 12.1. The van der Waals surface area contributed by atoms with Crippen molar-refractivity contribution in [1.29, 1.82) is 0 Å². The topological polar surface area (TPSA) is 52.6 Å². The molecule has 2 aromatic rings. The molecule has 0 fully saturated rings. The van der Waals surface area contributed by atoms with Crippen molar-refractivity contribution in [3.63, 3.8) is 0 Å². The quantitative estimate of drug-likeness (QED) is 0.318. The molecule has 10 heteroatoms. The number of ether oxygens (including phenoxy) is 2. The highest BCUT2D eigenvalue weighted by molar-refractivity contribution is 5.79. The normalized spacial score (nSPS) is 12.1. The van der Waals surface area contributed by atoms with Crippen LogP contribution in [0, 0.1) is 0 Å². The van der Waals surface area contributed by atoms with Gasteiger partial charge in [0.05, 0.1) is 0 Å². The van der Waals surface area contributed by atoms with Crippen LogP contribution in [-0.2, 0) is 9.59 Å². The third-order valence-electron chi connectivity index (χ3n) is 3.11. The summed E-state index contributed by atoms with van der Waals surface area (Å²) in [6, 6.07) is 10.3. The number of rotatable bonds is 4. The first-order valence-electron chi connectivity index (χ1n) is 7.41. The van der Waals surface area contributed by atoms with Crippen molar-refractivity contribution in [3.05, 3.63) is 59.7 Å². The van der Waals surface area contributed by atoms with E-state index in [0.717, 1.165) is 0 Å². The zero-order valence-corrected chi connectivity index (χ0v) is 13.7. The number of hydrogen-bond donors (Lipinski definition) is 0. The molecule has 0 aliphatic carbocycles. The van der Waals surface area contributed by atoms with Crippen LogP contribution in [0.25, 0.3) is 12.2 Å². The van der Waals surface area contributed by atoms with Crippen LogP contribution < -0.4 is 9.47 Å². The molecular weight excluding hydrogens is 394 g/mol. The predicted octanol–water partition coefficient (Wildman–Crippen LogP) is 4.79. The van der Waals surface area contributed by atoms with Crippen LogP contribution in [-0.4, -0.2) is 24.3 Å². The zero-order chi connectivity index (χ0) is 20.9. The lowest BCUT2D eigenvalue weighted by molar-refractivity contribution is -0.189. The molecule has 0 N–H and O–H groups in total. The standard InChI is InChI=1S/C18H10F6O4/c19-17(20,21)15(25)27-13-7-3-11(4-8-13)1-2-12-5-9-14(10-6-12)28-16(26)18(22,23)24/h1-10H/b2-1+. The highest BCUT2D eigenvalue weighted by atomic mass is 19.4. The van der Waals surface area contributed by atoms with Gasteiger partial charge in [-0.05, 0) is 35.4 Å². The van der Waals surface area contributed by atoms with E-state index in [2.05, 4.69) is 9.47 Å². The summed E-state index contributed by atoms with van der Waals surface area (Å²) in [6.07, 6.45) is -7.07. The molecule has 2 aromatic carbocycles. The van der Waals surface area contributed by atoms with Crippen LogP contribution in [0.4, 0.5) is 26.3 Å². The van der Waals surface area contributed by atoms with E-state index < -0.39 is 24.3 Å². The number of hydrogen-bond acceptors (Lipinski definition) is 4. The van der Waals surface area contributed by atoms with Crippen molar-refractivity contribution in [1.82, 2.24) is 0 Å². The minimum Gasteiger partial charge on any atom is -0.420 e. The number of alkyl halides is 6. The summed E-state index contributed by atoms with van der Waals surface area (Å²) in [5, 5.41) is 0. The molecule has 0 spiro atoms. The van der Waals surface area contributed by atoms with Crippen molar-refractivity contribution in [2.24, 2.45) is 0 Å². The summed E-state index contributed by atoms with van der Waals surface area (Å²) in [4.78, 5) is 21.4. The average molecular weight is 404 g/mol. The molecule has 0 bridgehead atoms. The molecule has 0 radical (unpaired) electrons. The first kappa shape index (κ1) is 21.0. The van der Waals surface area contributed by atoms with Gasteiger partial charge in [0.25, 0.3) is 0 Å². The van der Waals surface area contributed by atoms with Crippen LogP contribution in [0.5, 0.6) is 11.5 Å². The van der Waals surface area contributed by atoms with E-state index in [0.29, 0.717) is 11.1 Å². The Bertz CT molecular complexity index is 791. The SMILES string of the molecule is O=C(Oc1ccc(/C=C/c2ccc(OC(=O)C(F)(F)F)cc2)cc1)C(F)(F)F. The summed E-state index contributed by atoms with van der Waals surface area (Å²) < 4.78 is 81.0. The molecule has 0 atom stereocenters. The number of halogens is 6. The van der Waals surface area contributed by atoms with E-state index >= 15 is 0 Å². The Balaban J connectivity index is 1.98. The molecule has 4 nitrogen and oxygen atoms in total.